The van der Waals surface area contributed by atoms with Gasteiger partial charge < -0.3 is 9.73 Å². The number of anilines is 1. The highest BCUT2D eigenvalue weighted by Crippen LogP contribution is 2.38. The smallest absolute Gasteiger partial charge is 0.416 e. The molecule has 4 aromatic rings. The van der Waals surface area contributed by atoms with Gasteiger partial charge in [0.05, 0.1) is 5.56 Å². The van der Waals surface area contributed by atoms with Gasteiger partial charge in [0.2, 0.25) is 0 Å². The molecule has 0 fully saturated rings. The number of halogens is 4. The maximum absolute atomic E-state index is 13.3. The Labute approximate surface area is 158 Å². The predicted octanol–water partition coefficient (Wildman–Crippen LogP) is 6.97. The summed E-state index contributed by atoms with van der Waals surface area (Å²) >= 11 is 0. The molecule has 142 valence electrons. The van der Waals surface area contributed by atoms with Gasteiger partial charge in [-0.3, -0.25) is 0 Å². The Morgan fingerprint density at radius 3 is 2.04 bits per heavy atom. The Kier molecular flexibility index (Phi) is 4.34. The zero-order valence-corrected chi connectivity index (χ0v) is 14.8. The number of benzene rings is 3. The Morgan fingerprint density at radius 2 is 1.43 bits per heavy atom. The molecule has 3 aromatic carbocycles. The van der Waals surface area contributed by atoms with Gasteiger partial charge in [-0.05, 0) is 53.1 Å². The highest BCUT2D eigenvalue weighted by Gasteiger charge is 2.30. The normalized spacial score (nSPS) is 11.8. The minimum absolute atomic E-state index is 0.353. The van der Waals surface area contributed by atoms with Crippen LogP contribution in [0.25, 0.3) is 33.2 Å². The van der Waals surface area contributed by atoms with E-state index in [0.29, 0.717) is 17.0 Å². The molecule has 0 aliphatic carbocycles. The van der Waals surface area contributed by atoms with Crippen molar-refractivity contribution in [3.8, 4) is 22.3 Å². The molecule has 0 amide bonds. The molecule has 0 spiro atoms. The lowest BCUT2D eigenvalue weighted by atomic mass is 9.96. The third-order valence-electron chi connectivity index (χ3n) is 4.56. The van der Waals surface area contributed by atoms with E-state index in [1.165, 1.54) is 24.3 Å². The molecule has 6 heteroatoms. The van der Waals surface area contributed by atoms with Crippen molar-refractivity contribution < 1.29 is 22.0 Å². The van der Waals surface area contributed by atoms with E-state index in [-0.39, 0.29) is 5.82 Å². The molecule has 0 saturated carbocycles. The quantitative estimate of drug-likeness (QED) is 0.385. The molecule has 1 aromatic heterocycles. The number of fused-ring (bicyclic) bond motifs is 1. The van der Waals surface area contributed by atoms with Crippen LogP contribution in [0.4, 0.5) is 23.4 Å². The summed E-state index contributed by atoms with van der Waals surface area (Å²) in [4.78, 5) is 0. The number of alkyl halides is 3. The Morgan fingerprint density at radius 1 is 0.786 bits per heavy atom. The van der Waals surface area contributed by atoms with E-state index in [1.807, 2.05) is 18.2 Å². The van der Waals surface area contributed by atoms with Gasteiger partial charge in [-0.2, -0.15) is 13.2 Å². The summed E-state index contributed by atoms with van der Waals surface area (Å²) < 4.78 is 57.7. The lowest BCUT2D eigenvalue weighted by Gasteiger charge is -2.10. The molecule has 1 N–H and O–H groups in total. The van der Waals surface area contributed by atoms with Gasteiger partial charge in [-0.1, -0.05) is 24.3 Å². The fourth-order valence-electron chi connectivity index (χ4n) is 3.14. The Hall–Kier alpha value is -3.28. The summed E-state index contributed by atoms with van der Waals surface area (Å²) in [6, 6.07) is 16.5. The topological polar surface area (TPSA) is 25.2 Å². The van der Waals surface area contributed by atoms with Crippen LogP contribution >= 0.6 is 0 Å². The molecule has 0 unspecified atom stereocenters. The van der Waals surface area contributed by atoms with Crippen molar-refractivity contribution >= 4 is 16.9 Å². The van der Waals surface area contributed by atoms with Crippen LogP contribution in [0, 0.1) is 5.82 Å². The minimum Gasteiger partial charge on any atom is -0.440 e. The molecule has 4 rings (SSSR count). The van der Waals surface area contributed by atoms with Crippen LogP contribution in [0.2, 0.25) is 0 Å². The average molecular weight is 385 g/mol. The van der Waals surface area contributed by atoms with E-state index in [4.69, 9.17) is 4.42 Å². The molecule has 2 nitrogen and oxygen atoms in total. The Bertz CT molecular complexity index is 1130. The van der Waals surface area contributed by atoms with Crippen molar-refractivity contribution in [2.24, 2.45) is 0 Å². The summed E-state index contributed by atoms with van der Waals surface area (Å²) in [6.07, 6.45) is -4.38. The monoisotopic (exact) mass is 385 g/mol. The van der Waals surface area contributed by atoms with Crippen molar-refractivity contribution in [3.63, 3.8) is 0 Å². The van der Waals surface area contributed by atoms with Crippen molar-refractivity contribution in [2.45, 2.75) is 6.18 Å². The number of nitrogens with one attached hydrogen (secondary N) is 1. The van der Waals surface area contributed by atoms with Crippen LogP contribution in [-0.2, 0) is 6.18 Å². The summed E-state index contributed by atoms with van der Waals surface area (Å²) in [5.74, 6) is 0.206. The standard InChI is InChI=1S/C22H15F4NO/c1-27-20-12-16-10-15(13-2-6-17(7-3-13)22(24,25)26)11-19(21(16)28-20)14-4-8-18(23)9-5-14/h2-12,27H,1H3. The number of hydrogen-bond donors (Lipinski definition) is 1. The van der Waals surface area contributed by atoms with Crippen LogP contribution in [0.15, 0.2) is 71.1 Å². The minimum atomic E-state index is -4.38. The van der Waals surface area contributed by atoms with Crippen molar-refractivity contribution in [1.29, 1.82) is 0 Å². The van der Waals surface area contributed by atoms with Crippen LogP contribution in [0.1, 0.15) is 5.56 Å². The molecule has 0 bridgehead atoms. The van der Waals surface area contributed by atoms with E-state index in [0.717, 1.165) is 34.2 Å². The van der Waals surface area contributed by atoms with Gasteiger partial charge in [0.25, 0.3) is 0 Å². The van der Waals surface area contributed by atoms with Gasteiger partial charge in [0.15, 0.2) is 5.88 Å². The number of hydrogen-bond acceptors (Lipinski definition) is 2. The molecule has 0 saturated heterocycles. The third-order valence-corrected chi connectivity index (χ3v) is 4.56. The molecular formula is C22H15F4NO. The van der Waals surface area contributed by atoms with Crippen LogP contribution < -0.4 is 5.32 Å². The fraction of sp³-hybridized carbons (Fsp3) is 0.0909. The van der Waals surface area contributed by atoms with Gasteiger partial charge in [-0.25, -0.2) is 4.39 Å². The molecule has 0 aliphatic heterocycles. The molecule has 0 aliphatic rings. The highest BCUT2D eigenvalue weighted by molar-refractivity contribution is 5.98. The molecular weight excluding hydrogens is 370 g/mol. The van der Waals surface area contributed by atoms with Gasteiger partial charge in [0, 0.05) is 24.1 Å². The van der Waals surface area contributed by atoms with Crippen LogP contribution in [-0.4, -0.2) is 7.05 Å². The summed E-state index contributed by atoms with van der Waals surface area (Å²) in [7, 11) is 1.73. The van der Waals surface area contributed by atoms with E-state index >= 15 is 0 Å². The zero-order chi connectivity index (χ0) is 19.9. The first-order valence-corrected chi connectivity index (χ1v) is 8.54. The van der Waals surface area contributed by atoms with Crippen molar-refractivity contribution in [2.75, 3.05) is 12.4 Å². The van der Waals surface area contributed by atoms with Crippen LogP contribution in [0.3, 0.4) is 0 Å². The lowest BCUT2D eigenvalue weighted by molar-refractivity contribution is -0.137. The summed E-state index contributed by atoms with van der Waals surface area (Å²) in [6.45, 7) is 0. The second-order valence-corrected chi connectivity index (χ2v) is 6.38. The fourth-order valence-corrected chi connectivity index (χ4v) is 3.14. The maximum atomic E-state index is 13.3. The largest absolute Gasteiger partial charge is 0.440 e. The predicted molar refractivity (Wildman–Crippen MR) is 102 cm³/mol. The number of furan rings is 1. The maximum Gasteiger partial charge on any atom is 0.416 e. The van der Waals surface area contributed by atoms with Crippen molar-refractivity contribution in [1.82, 2.24) is 0 Å². The second-order valence-electron chi connectivity index (χ2n) is 6.38. The number of rotatable bonds is 3. The van der Waals surface area contributed by atoms with E-state index in [9.17, 15) is 17.6 Å². The summed E-state index contributed by atoms with van der Waals surface area (Å²) in [5, 5.41) is 3.73. The van der Waals surface area contributed by atoms with Gasteiger partial charge in [-0.15, -0.1) is 0 Å². The summed E-state index contributed by atoms with van der Waals surface area (Å²) in [5.41, 5.74) is 2.78. The lowest BCUT2D eigenvalue weighted by Crippen LogP contribution is -2.03. The highest BCUT2D eigenvalue weighted by atomic mass is 19.4. The molecule has 28 heavy (non-hydrogen) atoms. The average Bonchev–Trinajstić information content (AvgIpc) is 3.11. The molecule has 0 atom stereocenters. The van der Waals surface area contributed by atoms with Crippen molar-refractivity contribution in [3.05, 3.63) is 78.1 Å². The third kappa shape index (κ3) is 3.33. The SMILES string of the molecule is CNc1cc2cc(-c3ccc(C(F)(F)F)cc3)cc(-c3ccc(F)cc3)c2o1. The first-order valence-electron chi connectivity index (χ1n) is 8.54. The van der Waals surface area contributed by atoms with Gasteiger partial charge in [0.1, 0.15) is 11.4 Å². The first-order chi connectivity index (χ1) is 13.3. The van der Waals surface area contributed by atoms with Gasteiger partial charge >= 0.3 is 6.18 Å². The van der Waals surface area contributed by atoms with E-state index in [1.54, 1.807) is 19.2 Å². The second kappa shape index (κ2) is 6.71. The van der Waals surface area contributed by atoms with E-state index in [2.05, 4.69) is 5.32 Å². The zero-order valence-electron chi connectivity index (χ0n) is 14.8. The molecule has 0 radical (unpaired) electrons. The van der Waals surface area contributed by atoms with E-state index < -0.39 is 11.7 Å². The molecule has 1 heterocycles. The van der Waals surface area contributed by atoms with Crippen LogP contribution in [0.5, 0.6) is 0 Å². The first kappa shape index (κ1) is 18.1. The Balaban J connectivity index is 1.88.